The molecule has 0 saturated carbocycles. The third kappa shape index (κ3) is 3.79. The molecule has 1 rings (SSSR count). The number of carbonyl (C=O) groups excluding carboxylic acids is 2. The molecule has 1 saturated heterocycles. The fourth-order valence-electron chi connectivity index (χ4n) is 1.55. The van der Waals surface area contributed by atoms with Crippen LogP contribution in [0.5, 0.6) is 0 Å². The number of piperazine rings is 1. The Morgan fingerprint density at radius 1 is 1.44 bits per heavy atom. The van der Waals surface area contributed by atoms with Gasteiger partial charge in [0.2, 0.25) is 11.8 Å². The van der Waals surface area contributed by atoms with Gasteiger partial charge in [0.1, 0.15) is 6.04 Å². The van der Waals surface area contributed by atoms with Gasteiger partial charge >= 0.3 is 0 Å². The van der Waals surface area contributed by atoms with Crippen molar-refractivity contribution < 1.29 is 9.59 Å². The molecule has 92 valence electrons. The van der Waals surface area contributed by atoms with E-state index in [9.17, 15) is 9.59 Å². The van der Waals surface area contributed by atoms with Gasteiger partial charge in [-0.05, 0) is 13.8 Å². The first kappa shape index (κ1) is 12.9. The average molecular weight is 228 g/mol. The molecule has 0 bridgehead atoms. The lowest BCUT2D eigenvalue weighted by atomic mass is 10.2. The summed E-state index contributed by atoms with van der Waals surface area (Å²) in [6, 6.07) is -0.734. The third-order valence-electron chi connectivity index (χ3n) is 2.46. The lowest BCUT2D eigenvalue weighted by molar-refractivity contribution is -0.129. The Hall–Kier alpha value is -1.14. The van der Waals surface area contributed by atoms with Gasteiger partial charge in [-0.25, -0.2) is 0 Å². The number of rotatable bonds is 4. The van der Waals surface area contributed by atoms with Crippen LogP contribution in [0.3, 0.4) is 0 Å². The van der Waals surface area contributed by atoms with Crippen LogP contribution in [0, 0.1) is 0 Å². The van der Waals surface area contributed by atoms with Crippen LogP contribution in [0.4, 0.5) is 0 Å². The van der Waals surface area contributed by atoms with E-state index >= 15 is 0 Å². The Balaban J connectivity index is 2.34. The molecular weight excluding hydrogens is 208 g/mol. The molecule has 1 fully saturated rings. The average Bonchev–Trinajstić information content (AvgIpc) is 2.30. The highest BCUT2D eigenvalue weighted by atomic mass is 16.2. The van der Waals surface area contributed by atoms with Gasteiger partial charge in [-0.15, -0.1) is 0 Å². The Bertz CT molecular complexity index is 251. The molecule has 1 heterocycles. The van der Waals surface area contributed by atoms with Gasteiger partial charge in [-0.1, -0.05) is 0 Å². The standard InChI is InChI=1S/C10H20N4O2/c1-3-12-9(15)7(2)14-10(16)8-6-11-4-5-13-8/h7-8,11,13H,3-6H2,1-2H3,(H,12,15)(H,14,16). The highest BCUT2D eigenvalue weighted by molar-refractivity contribution is 5.89. The number of carbonyl (C=O) groups is 2. The molecule has 16 heavy (non-hydrogen) atoms. The van der Waals surface area contributed by atoms with Crippen molar-refractivity contribution in [2.24, 2.45) is 0 Å². The van der Waals surface area contributed by atoms with Crippen molar-refractivity contribution >= 4 is 11.8 Å². The van der Waals surface area contributed by atoms with E-state index in [1.165, 1.54) is 0 Å². The van der Waals surface area contributed by atoms with Crippen molar-refractivity contribution in [2.45, 2.75) is 25.9 Å². The minimum absolute atomic E-state index is 0.133. The van der Waals surface area contributed by atoms with Crippen LogP contribution >= 0.6 is 0 Å². The van der Waals surface area contributed by atoms with Crippen molar-refractivity contribution in [3.8, 4) is 0 Å². The molecule has 2 unspecified atom stereocenters. The Morgan fingerprint density at radius 2 is 2.19 bits per heavy atom. The number of hydrogen-bond donors (Lipinski definition) is 4. The number of nitrogens with one attached hydrogen (secondary N) is 4. The van der Waals surface area contributed by atoms with E-state index in [0.717, 1.165) is 13.1 Å². The number of hydrogen-bond acceptors (Lipinski definition) is 4. The van der Waals surface area contributed by atoms with Gasteiger partial charge < -0.3 is 21.3 Å². The maximum atomic E-state index is 11.7. The highest BCUT2D eigenvalue weighted by Gasteiger charge is 2.23. The van der Waals surface area contributed by atoms with E-state index in [4.69, 9.17) is 0 Å². The van der Waals surface area contributed by atoms with Gasteiger partial charge in [0.25, 0.3) is 0 Å². The van der Waals surface area contributed by atoms with E-state index in [0.29, 0.717) is 13.1 Å². The molecule has 0 aromatic rings. The van der Waals surface area contributed by atoms with Crippen LogP contribution in [0.25, 0.3) is 0 Å². The lowest BCUT2D eigenvalue weighted by Gasteiger charge is -2.25. The first-order valence-corrected chi connectivity index (χ1v) is 5.67. The molecule has 0 radical (unpaired) electrons. The smallest absolute Gasteiger partial charge is 0.242 e. The van der Waals surface area contributed by atoms with E-state index < -0.39 is 6.04 Å². The van der Waals surface area contributed by atoms with Gasteiger partial charge in [0.15, 0.2) is 0 Å². The Kier molecular flexibility index (Phi) is 5.21. The summed E-state index contributed by atoms with van der Waals surface area (Å²) in [6.07, 6.45) is 0. The second-order valence-electron chi connectivity index (χ2n) is 3.84. The van der Waals surface area contributed by atoms with E-state index in [-0.39, 0.29) is 17.9 Å². The minimum Gasteiger partial charge on any atom is -0.355 e. The zero-order valence-corrected chi connectivity index (χ0v) is 9.80. The van der Waals surface area contributed by atoms with Crippen LogP contribution in [-0.2, 0) is 9.59 Å². The molecule has 1 aliphatic heterocycles. The monoisotopic (exact) mass is 228 g/mol. The quantitative estimate of drug-likeness (QED) is 0.457. The van der Waals surface area contributed by atoms with Gasteiger partial charge in [-0.3, -0.25) is 9.59 Å². The van der Waals surface area contributed by atoms with Gasteiger partial charge in [-0.2, -0.15) is 0 Å². The summed E-state index contributed by atoms with van der Waals surface area (Å²) >= 11 is 0. The topological polar surface area (TPSA) is 82.3 Å². The molecule has 6 nitrogen and oxygen atoms in total. The largest absolute Gasteiger partial charge is 0.355 e. The maximum Gasteiger partial charge on any atom is 0.242 e. The summed E-state index contributed by atoms with van der Waals surface area (Å²) in [7, 11) is 0. The predicted molar refractivity (Wildman–Crippen MR) is 60.9 cm³/mol. The van der Waals surface area contributed by atoms with Crippen molar-refractivity contribution in [1.29, 1.82) is 0 Å². The molecule has 0 aliphatic carbocycles. The summed E-state index contributed by atoms with van der Waals surface area (Å²) in [6.45, 7) is 6.34. The van der Waals surface area contributed by atoms with Crippen LogP contribution in [0.2, 0.25) is 0 Å². The summed E-state index contributed by atoms with van der Waals surface area (Å²) in [5, 5.41) is 11.6. The van der Waals surface area contributed by atoms with Gasteiger partial charge in [0.05, 0.1) is 6.04 Å². The summed E-state index contributed by atoms with van der Waals surface area (Å²) in [5.41, 5.74) is 0. The van der Waals surface area contributed by atoms with Gasteiger partial charge in [0, 0.05) is 26.2 Å². The molecule has 1 aliphatic rings. The molecular formula is C10H20N4O2. The molecule has 2 atom stereocenters. The van der Waals surface area contributed by atoms with Crippen molar-refractivity contribution in [3.63, 3.8) is 0 Å². The summed E-state index contributed by atoms with van der Waals surface area (Å²) < 4.78 is 0. The molecule has 4 N–H and O–H groups in total. The van der Waals surface area contributed by atoms with Crippen LogP contribution < -0.4 is 21.3 Å². The van der Waals surface area contributed by atoms with E-state index in [2.05, 4.69) is 21.3 Å². The first-order chi connectivity index (χ1) is 7.65. The SMILES string of the molecule is CCNC(=O)C(C)NC(=O)C1CNCCN1. The van der Waals surface area contributed by atoms with Crippen molar-refractivity contribution in [1.82, 2.24) is 21.3 Å². The Labute approximate surface area is 95.5 Å². The zero-order valence-electron chi connectivity index (χ0n) is 9.80. The van der Waals surface area contributed by atoms with Crippen LogP contribution in [0.15, 0.2) is 0 Å². The zero-order chi connectivity index (χ0) is 12.0. The lowest BCUT2D eigenvalue weighted by Crippen LogP contribution is -2.58. The van der Waals surface area contributed by atoms with E-state index in [1.807, 2.05) is 6.92 Å². The number of amides is 2. The summed E-state index contributed by atoms with van der Waals surface area (Å²) in [5.74, 6) is -0.287. The van der Waals surface area contributed by atoms with Crippen molar-refractivity contribution in [3.05, 3.63) is 0 Å². The first-order valence-electron chi connectivity index (χ1n) is 5.67. The Morgan fingerprint density at radius 3 is 2.75 bits per heavy atom. The number of likely N-dealkylation sites (N-methyl/N-ethyl adjacent to an activating group) is 1. The fourth-order valence-corrected chi connectivity index (χ4v) is 1.55. The fraction of sp³-hybridized carbons (Fsp3) is 0.800. The van der Waals surface area contributed by atoms with Crippen LogP contribution in [-0.4, -0.2) is 50.1 Å². The van der Waals surface area contributed by atoms with E-state index in [1.54, 1.807) is 6.92 Å². The minimum atomic E-state index is -0.490. The van der Waals surface area contributed by atoms with Crippen molar-refractivity contribution in [2.75, 3.05) is 26.2 Å². The molecule has 2 amide bonds. The maximum absolute atomic E-state index is 11.7. The molecule has 0 aromatic heterocycles. The highest BCUT2D eigenvalue weighted by Crippen LogP contribution is 1.90. The van der Waals surface area contributed by atoms with Crippen LogP contribution in [0.1, 0.15) is 13.8 Å². The normalized spacial score (nSPS) is 22.2. The molecule has 6 heteroatoms. The molecule has 0 spiro atoms. The molecule has 0 aromatic carbocycles. The second-order valence-corrected chi connectivity index (χ2v) is 3.84. The second kappa shape index (κ2) is 6.44. The third-order valence-corrected chi connectivity index (χ3v) is 2.46. The summed E-state index contributed by atoms with van der Waals surface area (Å²) in [4.78, 5) is 23.1. The predicted octanol–water partition coefficient (Wildman–Crippen LogP) is -1.81.